The molecular weight excluding hydrogens is 318 g/mol. The van der Waals surface area contributed by atoms with Gasteiger partial charge < -0.3 is 19.9 Å². The van der Waals surface area contributed by atoms with Crippen molar-refractivity contribution in [3.63, 3.8) is 0 Å². The van der Waals surface area contributed by atoms with Gasteiger partial charge in [-0.3, -0.25) is 14.4 Å². The minimum Gasteiger partial charge on any atom is -0.464 e. The van der Waals surface area contributed by atoms with Crippen molar-refractivity contribution in [2.24, 2.45) is 11.1 Å². The maximum Gasteiger partial charge on any atom is 0.319 e. The summed E-state index contributed by atoms with van der Waals surface area (Å²) in [5.74, 6) is -1.75. The molecule has 0 aromatic heterocycles. The van der Waals surface area contributed by atoms with Crippen LogP contribution in [0.3, 0.4) is 0 Å². The van der Waals surface area contributed by atoms with Crippen LogP contribution >= 0.6 is 25.3 Å². The highest BCUT2D eigenvalue weighted by molar-refractivity contribution is 7.81. The van der Waals surface area contributed by atoms with Gasteiger partial charge in [-0.25, -0.2) is 0 Å². The van der Waals surface area contributed by atoms with Crippen LogP contribution in [-0.2, 0) is 28.6 Å². The van der Waals surface area contributed by atoms with Crippen LogP contribution in [0.2, 0.25) is 0 Å². The first-order valence-corrected chi connectivity index (χ1v) is 7.58. The summed E-state index contributed by atoms with van der Waals surface area (Å²) in [6, 6.07) is 0. The minimum atomic E-state index is -0.817. The molecule has 0 aliphatic rings. The molecule has 0 saturated heterocycles. The standard InChI is InChI=1S/C12H21NO6S2/c1-2-12(6-17-9(14)3-13,7-18-10(15)4-20)8-19-11(16)5-21/h20-21H,2-8,13H2,1H3. The summed E-state index contributed by atoms with van der Waals surface area (Å²) in [6.07, 6.45) is 0.463. The molecule has 0 aliphatic heterocycles. The molecule has 0 saturated carbocycles. The van der Waals surface area contributed by atoms with Crippen LogP contribution in [0.15, 0.2) is 0 Å². The Morgan fingerprint density at radius 1 is 0.905 bits per heavy atom. The van der Waals surface area contributed by atoms with Crippen LogP contribution in [0.1, 0.15) is 13.3 Å². The van der Waals surface area contributed by atoms with Gasteiger partial charge in [0.1, 0.15) is 19.8 Å². The lowest BCUT2D eigenvalue weighted by molar-refractivity contribution is -0.159. The molecular formula is C12H21NO6S2. The van der Waals surface area contributed by atoms with Crippen LogP contribution < -0.4 is 5.73 Å². The highest BCUT2D eigenvalue weighted by atomic mass is 32.1. The van der Waals surface area contributed by atoms with Crippen LogP contribution in [-0.4, -0.2) is 55.8 Å². The van der Waals surface area contributed by atoms with Gasteiger partial charge in [-0.1, -0.05) is 6.92 Å². The highest BCUT2D eigenvalue weighted by Crippen LogP contribution is 2.24. The van der Waals surface area contributed by atoms with E-state index in [2.05, 4.69) is 25.3 Å². The van der Waals surface area contributed by atoms with E-state index in [0.717, 1.165) is 0 Å². The number of carbonyl (C=O) groups excluding carboxylic acids is 3. The Bertz CT molecular complexity index is 313. The smallest absolute Gasteiger partial charge is 0.319 e. The fourth-order valence-electron chi connectivity index (χ4n) is 1.28. The van der Waals surface area contributed by atoms with Crippen LogP contribution in [0, 0.1) is 5.41 Å². The summed E-state index contributed by atoms with van der Waals surface area (Å²) >= 11 is 7.61. The van der Waals surface area contributed by atoms with Gasteiger partial charge in [-0.15, -0.1) is 0 Å². The minimum absolute atomic E-state index is 0.0550. The topological polar surface area (TPSA) is 105 Å². The molecule has 0 aliphatic carbocycles. The molecule has 7 nitrogen and oxygen atoms in total. The van der Waals surface area contributed by atoms with Crippen molar-refractivity contribution in [3.05, 3.63) is 0 Å². The largest absolute Gasteiger partial charge is 0.464 e. The summed E-state index contributed by atoms with van der Waals surface area (Å²) in [5, 5.41) is 0. The molecule has 0 heterocycles. The maximum absolute atomic E-state index is 11.2. The molecule has 9 heteroatoms. The molecule has 21 heavy (non-hydrogen) atoms. The first-order valence-electron chi connectivity index (χ1n) is 6.31. The predicted octanol–water partition coefficient (Wildman–Crippen LogP) is -0.169. The number of nitrogens with two attached hydrogens (primary N) is 1. The Hall–Kier alpha value is -0.930. The van der Waals surface area contributed by atoms with Crippen molar-refractivity contribution < 1.29 is 28.6 Å². The van der Waals surface area contributed by atoms with Crippen LogP contribution in [0.5, 0.6) is 0 Å². The number of thiol groups is 2. The van der Waals surface area contributed by atoms with E-state index in [1.165, 1.54) is 0 Å². The predicted molar refractivity (Wildman–Crippen MR) is 82.4 cm³/mol. The molecule has 122 valence electrons. The van der Waals surface area contributed by atoms with E-state index < -0.39 is 23.3 Å². The van der Waals surface area contributed by atoms with E-state index in [0.29, 0.717) is 6.42 Å². The molecule has 2 N–H and O–H groups in total. The van der Waals surface area contributed by atoms with Crippen molar-refractivity contribution in [1.82, 2.24) is 0 Å². The zero-order valence-corrected chi connectivity index (χ0v) is 13.7. The van der Waals surface area contributed by atoms with Crippen molar-refractivity contribution in [2.45, 2.75) is 13.3 Å². The van der Waals surface area contributed by atoms with Crippen molar-refractivity contribution >= 4 is 43.2 Å². The number of carbonyl (C=O) groups is 3. The summed E-state index contributed by atoms with van der Waals surface area (Å²) in [4.78, 5) is 33.6. The fraction of sp³-hybridized carbons (Fsp3) is 0.750. The Kier molecular flexibility index (Phi) is 10.3. The Morgan fingerprint density at radius 3 is 1.57 bits per heavy atom. The molecule has 0 spiro atoms. The molecule has 0 atom stereocenters. The average Bonchev–Trinajstić information content (AvgIpc) is 2.53. The molecule has 0 aromatic rings. The van der Waals surface area contributed by atoms with Crippen LogP contribution in [0.25, 0.3) is 0 Å². The van der Waals surface area contributed by atoms with E-state index in [4.69, 9.17) is 19.9 Å². The highest BCUT2D eigenvalue weighted by Gasteiger charge is 2.33. The van der Waals surface area contributed by atoms with Gasteiger partial charge in [0, 0.05) is 0 Å². The van der Waals surface area contributed by atoms with E-state index >= 15 is 0 Å². The Morgan fingerprint density at radius 2 is 1.29 bits per heavy atom. The van der Waals surface area contributed by atoms with Gasteiger partial charge in [-0.2, -0.15) is 25.3 Å². The third kappa shape index (κ3) is 8.18. The van der Waals surface area contributed by atoms with Crippen molar-refractivity contribution in [3.8, 4) is 0 Å². The summed E-state index contributed by atoms with van der Waals surface area (Å²) in [6.45, 7) is 1.37. The number of rotatable bonds is 10. The van der Waals surface area contributed by atoms with E-state index in [9.17, 15) is 14.4 Å². The average molecular weight is 339 g/mol. The quantitative estimate of drug-likeness (QED) is 0.288. The Balaban J connectivity index is 4.76. The lowest BCUT2D eigenvalue weighted by atomic mass is 9.88. The van der Waals surface area contributed by atoms with E-state index in [1.807, 2.05) is 0 Å². The number of hydrogen-bond donors (Lipinski definition) is 3. The van der Waals surface area contributed by atoms with Gasteiger partial charge in [0.25, 0.3) is 0 Å². The third-order valence-corrected chi connectivity index (χ3v) is 3.31. The van der Waals surface area contributed by atoms with E-state index in [1.54, 1.807) is 6.92 Å². The second kappa shape index (κ2) is 10.7. The normalized spacial score (nSPS) is 10.9. The SMILES string of the molecule is CCC(COC(=O)CN)(COC(=O)CS)COC(=O)CS. The van der Waals surface area contributed by atoms with Gasteiger partial charge in [0.2, 0.25) is 0 Å². The Labute approximate surface area is 134 Å². The van der Waals surface area contributed by atoms with Gasteiger partial charge >= 0.3 is 17.9 Å². The molecule has 0 unspecified atom stereocenters. The maximum atomic E-state index is 11.2. The fourth-order valence-corrected chi connectivity index (χ4v) is 1.46. The lowest BCUT2D eigenvalue weighted by Crippen LogP contribution is -2.40. The van der Waals surface area contributed by atoms with Gasteiger partial charge in [-0.05, 0) is 6.42 Å². The number of esters is 3. The van der Waals surface area contributed by atoms with Gasteiger partial charge in [0.15, 0.2) is 0 Å². The lowest BCUT2D eigenvalue weighted by Gasteiger charge is -2.30. The summed E-state index contributed by atoms with van der Waals surface area (Å²) in [7, 11) is 0. The zero-order valence-electron chi connectivity index (χ0n) is 11.9. The summed E-state index contributed by atoms with van der Waals surface area (Å²) < 4.78 is 15.1. The second-order valence-corrected chi connectivity index (χ2v) is 4.99. The van der Waals surface area contributed by atoms with Crippen LogP contribution in [0.4, 0.5) is 0 Å². The molecule has 0 fully saturated rings. The second-order valence-electron chi connectivity index (χ2n) is 4.36. The molecule has 0 amide bonds. The van der Waals surface area contributed by atoms with E-state index in [-0.39, 0.29) is 37.9 Å². The first kappa shape index (κ1) is 20.1. The van der Waals surface area contributed by atoms with Crippen molar-refractivity contribution in [2.75, 3.05) is 37.9 Å². The first-order chi connectivity index (χ1) is 9.92. The number of ether oxygens (including phenoxy) is 3. The number of hydrogen-bond acceptors (Lipinski definition) is 9. The molecule has 0 radical (unpaired) electrons. The monoisotopic (exact) mass is 339 g/mol. The molecule has 0 bridgehead atoms. The van der Waals surface area contributed by atoms with Crippen molar-refractivity contribution in [1.29, 1.82) is 0 Å². The van der Waals surface area contributed by atoms with Gasteiger partial charge in [0.05, 0.1) is 23.5 Å². The zero-order chi connectivity index (χ0) is 16.3. The molecule has 0 aromatic carbocycles. The molecule has 0 rings (SSSR count). The third-order valence-electron chi connectivity index (χ3n) is 2.79. The summed E-state index contributed by atoms with van der Waals surface area (Å²) in [5.41, 5.74) is 4.35.